The number of fused-ring (bicyclic) bond motifs is 1. The van der Waals surface area contributed by atoms with Crippen LogP contribution in [0.2, 0.25) is 0 Å². The number of carbonyl (C=O) groups is 1. The van der Waals surface area contributed by atoms with Crippen molar-refractivity contribution in [3.63, 3.8) is 0 Å². The second-order valence-corrected chi connectivity index (χ2v) is 7.85. The molecular formula is C26H24N4O3. The van der Waals surface area contributed by atoms with Crippen LogP contribution < -0.4 is 9.47 Å². The van der Waals surface area contributed by atoms with Gasteiger partial charge in [-0.1, -0.05) is 30.3 Å². The van der Waals surface area contributed by atoms with Crippen molar-refractivity contribution < 1.29 is 14.3 Å². The van der Waals surface area contributed by atoms with Crippen molar-refractivity contribution >= 4 is 5.91 Å². The quantitative estimate of drug-likeness (QED) is 0.468. The van der Waals surface area contributed by atoms with Crippen molar-refractivity contribution in [2.24, 2.45) is 0 Å². The fourth-order valence-electron chi connectivity index (χ4n) is 4.42. The Morgan fingerprint density at radius 3 is 2.36 bits per heavy atom. The van der Waals surface area contributed by atoms with E-state index in [1.807, 2.05) is 59.5 Å². The average Bonchev–Trinajstić information content (AvgIpc) is 3.42. The van der Waals surface area contributed by atoms with E-state index >= 15 is 0 Å². The predicted octanol–water partition coefficient (Wildman–Crippen LogP) is 4.07. The topological polar surface area (TPSA) is 69.5 Å². The molecule has 7 heteroatoms. The minimum absolute atomic E-state index is 0.0190. The highest BCUT2D eigenvalue weighted by Crippen LogP contribution is 2.41. The monoisotopic (exact) mass is 440 g/mol. The molecule has 0 saturated carbocycles. The van der Waals surface area contributed by atoms with Gasteiger partial charge in [-0.2, -0.15) is 5.10 Å². The number of hydrogen-bond acceptors (Lipinski definition) is 5. The van der Waals surface area contributed by atoms with Crippen molar-refractivity contribution in [1.82, 2.24) is 19.7 Å². The zero-order valence-corrected chi connectivity index (χ0v) is 18.5. The van der Waals surface area contributed by atoms with Crippen LogP contribution in [-0.4, -0.2) is 46.3 Å². The summed E-state index contributed by atoms with van der Waals surface area (Å²) < 4.78 is 12.7. The first-order valence-electron chi connectivity index (χ1n) is 10.8. The molecule has 1 unspecified atom stereocenters. The maximum atomic E-state index is 13.7. The SMILES string of the molecule is COc1cc2c(cc1OC)C(c1ccccc1)N(C(=O)c1ccc(-n3cncn3)cc1)CC2. The third kappa shape index (κ3) is 3.82. The second kappa shape index (κ2) is 8.78. The molecule has 0 saturated heterocycles. The van der Waals surface area contributed by atoms with Gasteiger partial charge in [-0.25, -0.2) is 9.67 Å². The van der Waals surface area contributed by atoms with Gasteiger partial charge in [-0.05, 0) is 59.5 Å². The molecule has 0 N–H and O–H groups in total. The van der Waals surface area contributed by atoms with Crippen LogP contribution in [0, 0.1) is 0 Å². The molecule has 1 aliphatic rings. The molecule has 0 aliphatic carbocycles. The number of benzene rings is 3. The lowest BCUT2D eigenvalue weighted by molar-refractivity contribution is 0.0694. The van der Waals surface area contributed by atoms with E-state index in [1.54, 1.807) is 25.2 Å². The van der Waals surface area contributed by atoms with Crippen molar-refractivity contribution in [3.8, 4) is 17.2 Å². The summed E-state index contributed by atoms with van der Waals surface area (Å²) in [5.74, 6) is 1.34. The molecule has 1 amide bonds. The number of ether oxygens (including phenoxy) is 2. The number of nitrogens with zero attached hydrogens (tertiary/aromatic N) is 4. The van der Waals surface area contributed by atoms with Gasteiger partial charge >= 0.3 is 0 Å². The zero-order chi connectivity index (χ0) is 22.8. The Kier molecular flexibility index (Phi) is 5.52. The van der Waals surface area contributed by atoms with Gasteiger partial charge < -0.3 is 14.4 Å². The van der Waals surface area contributed by atoms with Gasteiger partial charge in [0, 0.05) is 12.1 Å². The molecule has 166 valence electrons. The Morgan fingerprint density at radius 1 is 0.970 bits per heavy atom. The first-order valence-corrected chi connectivity index (χ1v) is 10.8. The predicted molar refractivity (Wildman–Crippen MR) is 124 cm³/mol. The first-order chi connectivity index (χ1) is 16.2. The van der Waals surface area contributed by atoms with Gasteiger partial charge in [0.15, 0.2) is 11.5 Å². The van der Waals surface area contributed by atoms with Crippen molar-refractivity contribution in [2.45, 2.75) is 12.5 Å². The van der Waals surface area contributed by atoms with Crippen LogP contribution in [0.5, 0.6) is 11.5 Å². The van der Waals surface area contributed by atoms with Crippen LogP contribution in [-0.2, 0) is 6.42 Å². The van der Waals surface area contributed by atoms with Crippen LogP contribution in [0.4, 0.5) is 0 Å². The van der Waals surface area contributed by atoms with Crippen LogP contribution in [0.15, 0.2) is 79.4 Å². The Bertz CT molecular complexity index is 1250. The Morgan fingerprint density at radius 2 is 1.70 bits per heavy atom. The molecule has 0 fully saturated rings. The molecule has 7 nitrogen and oxygen atoms in total. The first kappa shape index (κ1) is 20.8. The second-order valence-electron chi connectivity index (χ2n) is 7.85. The summed E-state index contributed by atoms with van der Waals surface area (Å²) in [4.78, 5) is 19.6. The van der Waals surface area contributed by atoms with Gasteiger partial charge in [-0.3, -0.25) is 4.79 Å². The number of amides is 1. The maximum absolute atomic E-state index is 13.7. The molecule has 0 spiro atoms. The number of hydrogen-bond donors (Lipinski definition) is 0. The smallest absolute Gasteiger partial charge is 0.254 e. The van der Waals surface area contributed by atoms with Gasteiger partial charge in [-0.15, -0.1) is 0 Å². The highest BCUT2D eigenvalue weighted by molar-refractivity contribution is 5.95. The molecule has 1 aromatic heterocycles. The van der Waals surface area contributed by atoms with Crippen LogP contribution in [0.25, 0.3) is 5.69 Å². The Balaban J connectivity index is 1.55. The van der Waals surface area contributed by atoms with E-state index in [2.05, 4.69) is 22.2 Å². The van der Waals surface area contributed by atoms with Gasteiger partial charge in [0.2, 0.25) is 0 Å². The van der Waals surface area contributed by atoms with E-state index in [9.17, 15) is 4.79 Å². The zero-order valence-electron chi connectivity index (χ0n) is 18.5. The van der Waals surface area contributed by atoms with E-state index in [0.717, 1.165) is 28.8 Å². The standard InChI is InChI=1S/C26H24N4O3/c1-32-23-14-20-12-13-29(25(18-6-4-3-5-7-18)22(20)15-24(23)33-2)26(31)19-8-10-21(11-9-19)30-17-27-16-28-30/h3-11,14-17,25H,12-13H2,1-2H3. The molecule has 1 atom stereocenters. The van der Waals surface area contributed by atoms with Crippen LogP contribution in [0.1, 0.15) is 33.1 Å². The number of methoxy groups -OCH3 is 2. The highest BCUT2D eigenvalue weighted by Gasteiger charge is 2.33. The normalized spacial score (nSPS) is 15.1. The maximum Gasteiger partial charge on any atom is 0.254 e. The summed E-state index contributed by atoms with van der Waals surface area (Å²) in [5.41, 5.74) is 4.75. The van der Waals surface area contributed by atoms with Crippen molar-refractivity contribution in [3.05, 3.63) is 102 Å². The molecular weight excluding hydrogens is 416 g/mol. The minimum Gasteiger partial charge on any atom is -0.493 e. The molecule has 0 radical (unpaired) electrons. The molecule has 5 rings (SSSR count). The minimum atomic E-state index is -0.225. The summed E-state index contributed by atoms with van der Waals surface area (Å²) in [6.07, 6.45) is 3.85. The lowest BCUT2D eigenvalue weighted by atomic mass is 9.87. The molecule has 3 aromatic carbocycles. The average molecular weight is 441 g/mol. The van der Waals surface area contributed by atoms with E-state index in [0.29, 0.717) is 23.6 Å². The largest absolute Gasteiger partial charge is 0.493 e. The third-order valence-corrected chi connectivity index (χ3v) is 6.05. The van der Waals surface area contributed by atoms with Gasteiger partial charge in [0.05, 0.1) is 25.9 Å². The third-order valence-electron chi connectivity index (χ3n) is 6.05. The van der Waals surface area contributed by atoms with E-state index in [-0.39, 0.29) is 11.9 Å². The van der Waals surface area contributed by atoms with Crippen LogP contribution in [0.3, 0.4) is 0 Å². The molecule has 1 aliphatic heterocycles. The fraction of sp³-hybridized carbons (Fsp3) is 0.192. The lowest BCUT2D eigenvalue weighted by Gasteiger charge is -2.38. The summed E-state index contributed by atoms with van der Waals surface area (Å²) in [5, 5.41) is 4.15. The van der Waals surface area contributed by atoms with Crippen molar-refractivity contribution in [2.75, 3.05) is 20.8 Å². The Hall–Kier alpha value is -4.13. The van der Waals surface area contributed by atoms with Crippen LogP contribution >= 0.6 is 0 Å². The van der Waals surface area contributed by atoms with Crippen molar-refractivity contribution in [1.29, 1.82) is 0 Å². The fourth-order valence-corrected chi connectivity index (χ4v) is 4.42. The summed E-state index contributed by atoms with van der Waals surface area (Å²) in [7, 11) is 3.27. The molecule has 33 heavy (non-hydrogen) atoms. The lowest BCUT2D eigenvalue weighted by Crippen LogP contribution is -2.40. The molecule has 2 heterocycles. The summed E-state index contributed by atoms with van der Waals surface area (Å²) in [6.45, 7) is 0.603. The summed E-state index contributed by atoms with van der Waals surface area (Å²) >= 11 is 0. The van der Waals surface area contributed by atoms with E-state index in [4.69, 9.17) is 9.47 Å². The van der Waals surface area contributed by atoms with Gasteiger partial charge in [0.1, 0.15) is 12.7 Å². The summed E-state index contributed by atoms with van der Waals surface area (Å²) in [6, 6.07) is 21.3. The highest BCUT2D eigenvalue weighted by atomic mass is 16.5. The van der Waals surface area contributed by atoms with E-state index < -0.39 is 0 Å². The number of aromatic nitrogens is 3. The van der Waals surface area contributed by atoms with Gasteiger partial charge in [0.25, 0.3) is 5.91 Å². The Labute approximate surface area is 192 Å². The number of carbonyl (C=O) groups excluding carboxylic acids is 1. The van der Waals surface area contributed by atoms with E-state index in [1.165, 1.54) is 6.33 Å². The number of rotatable bonds is 5. The molecule has 4 aromatic rings. The molecule has 0 bridgehead atoms.